The van der Waals surface area contributed by atoms with Crippen molar-refractivity contribution in [2.75, 3.05) is 13.2 Å². The maximum Gasteiger partial charge on any atom is 0.261 e. The van der Waals surface area contributed by atoms with Crippen molar-refractivity contribution in [1.29, 1.82) is 0 Å². The number of hydrogen-bond donors (Lipinski definition) is 1. The van der Waals surface area contributed by atoms with Crippen LogP contribution < -0.4 is 10.1 Å². The molecule has 0 fully saturated rings. The van der Waals surface area contributed by atoms with Crippen LogP contribution in [0.25, 0.3) is 0 Å². The van der Waals surface area contributed by atoms with E-state index in [1.165, 1.54) is 0 Å². The van der Waals surface area contributed by atoms with Gasteiger partial charge in [0.15, 0.2) is 6.61 Å². The number of amides is 2. The molecule has 2 rings (SSSR count). The van der Waals surface area contributed by atoms with E-state index in [1.54, 1.807) is 4.90 Å². The Kier molecular flexibility index (Phi) is 8.25. The van der Waals surface area contributed by atoms with Crippen molar-refractivity contribution in [2.45, 2.75) is 52.1 Å². The predicted octanol–water partition coefficient (Wildman–Crippen LogP) is 3.83. The van der Waals surface area contributed by atoms with Gasteiger partial charge in [-0.15, -0.1) is 0 Å². The van der Waals surface area contributed by atoms with E-state index >= 15 is 0 Å². The topological polar surface area (TPSA) is 58.6 Å². The molecule has 0 aliphatic rings. The summed E-state index contributed by atoms with van der Waals surface area (Å²) in [6, 6.07) is 18.7. The molecule has 0 spiro atoms. The molecule has 2 aromatic rings. The number of carbonyl (C=O) groups excluding carboxylic acids is 2. The molecule has 0 aromatic heterocycles. The Balaban J connectivity index is 2.13. The monoisotopic (exact) mass is 396 g/mol. The van der Waals surface area contributed by atoms with Gasteiger partial charge in [0, 0.05) is 12.1 Å². The minimum absolute atomic E-state index is 0.0991. The van der Waals surface area contributed by atoms with Gasteiger partial charge in [0.25, 0.3) is 5.91 Å². The third kappa shape index (κ3) is 7.60. The van der Waals surface area contributed by atoms with Gasteiger partial charge in [0.05, 0.1) is 0 Å². The number of carbonyl (C=O) groups is 2. The maximum absolute atomic E-state index is 13.0. The highest BCUT2D eigenvalue weighted by atomic mass is 16.5. The number of nitrogens with zero attached hydrogens (tertiary/aromatic N) is 1. The number of rotatable bonds is 9. The predicted molar refractivity (Wildman–Crippen MR) is 116 cm³/mol. The summed E-state index contributed by atoms with van der Waals surface area (Å²) in [4.78, 5) is 27.6. The molecule has 156 valence electrons. The van der Waals surface area contributed by atoms with Crippen molar-refractivity contribution in [1.82, 2.24) is 10.2 Å². The molecule has 0 saturated carbocycles. The first kappa shape index (κ1) is 22.5. The van der Waals surface area contributed by atoms with Gasteiger partial charge in [-0.25, -0.2) is 0 Å². The average Bonchev–Trinajstić information content (AvgIpc) is 2.69. The molecule has 5 heteroatoms. The molecule has 29 heavy (non-hydrogen) atoms. The number of nitrogens with one attached hydrogen (secondary N) is 1. The van der Waals surface area contributed by atoms with Crippen LogP contribution in [0.2, 0.25) is 0 Å². The van der Waals surface area contributed by atoms with Gasteiger partial charge in [-0.3, -0.25) is 9.59 Å². The zero-order valence-electron chi connectivity index (χ0n) is 17.9. The largest absolute Gasteiger partial charge is 0.484 e. The number of para-hydroxylation sites is 1. The van der Waals surface area contributed by atoms with Crippen molar-refractivity contribution in [3.8, 4) is 5.75 Å². The molecule has 0 aliphatic carbocycles. The fraction of sp³-hybridized carbons (Fsp3) is 0.417. The molecule has 5 nitrogen and oxygen atoms in total. The SMILES string of the molecule is CC[C@H](C(=O)NC(C)(C)C)N(CCc1ccccc1)C(=O)COc1ccccc1. The van der Waals surface area contributed by atoms with Crippen molar-refractivity contribution in [3.63, 3.8) is 0 Å². The highest BCUT2D eigenvalue weighted by Crippen LogP contribution is 2.13. The Bertz CT molecular complexity index is 770. The Morgan fingerprint density at radius 1 is 1.00 bits per heavy atom. The average molecular weight is 397 g/mol. The summed E-state index contributed by atoms with van der Waals surface area (Å²) in [7, 11) is 0. The van der Waals surface area contributed by atoms with Crippen LogP contribution in [0.5, 0.6) is 5.75 Å². The molecule has 0 unspecified atom stereocenters. The highest BCUT2D eigenvalue weighted by Gasteiger charge is 2.30. The van der Waals surface area contributed by atoms with Gasteiger partial charge >= 0.3 is 0 Å². The second kappa shape index (κ2) is 10.6. The number of ether oxygens (including phenoxy) is 1. The van der Waals surface area contributed by atoms with Crippen LogP contribution >= 0.6 is 0 Å². The number of benzene rings is 2. The lowest BCUT2D eigenvalue weighted by Crippen LogP contribution is -2.54. The van der Waals surface area contributed by atoms with Crippen LogP contribution in [-0.4, -0.2) is 41.4 Å². The summed E-state index contributed by atoms with van der Waals surface area (Å²) in [5.74, 6) is 0.304. The fourth-order valence-corrected chi connectivity index (χ4v) is 3.09. The second-order valence-electron chi connectivity index (χ2n) is 8.09. The first-order valence-corrected chi connectivity index (χ1v) is 10.1. The lowest BCUT2D eigenvalue weighted by atomic mass is 10.1. The molecule has 1 atom stereocenters. The zero-order valence-corrected chi connectivity index (χ0v) is 17.9. The van der Waals surface area contributed by atoms with Crippen LogP contribution in [0.3, 0.4) is 0 Å². The summed E-state index contributed by atoms with van der Waals surface area (Å²) >= 11 is 0. The van der Waals surface area contributed by atoms with Crippen LogP contribution in [0.4, 0.5) is 0 Å². The molecule has 0 radical (unpaired) electrons. The smallest absolute Gasteiger partial charge is 0.261 e. The van der Waals surface area contributed by atoms with E-state index in [0.717, 1.165) is 5.56 Å². The quantitative estimate of drug-likeness (QED) is 0.701. The van der Waals surface area contributed by atoms with E-state index in [4.69, 9.17) is 4.74 Å². The molecular formula is C24H32N2O3. The van der Waals surface area contributed by atoms with Gasteiger partial charge < -0.3 is 15.0 Å². The maximum atomic E-state index is 13.0. The van der Waals surface area contributed by atoms with Gasteiger partial charge in [-0.05, 0) is 51.3 Å². The molecule has 0 aliphatic heterocycles. The van der Waals surface area contributed by atoms with Crippen molar-refractivity contribution < 1.29 is 14.3 Å². The molecule has 1 N–H and O–H groups in total. The standard InChI is InChI=1S/C24H32N2O3/c1-5-21(23(28)25-24(2,3)4)26(17-16-19-12-8-6-9-13-19)22(27)18-29-20-14-10-7-11-15-20/h6-15,21H,5,16-18H2,1-4H3,(H,25,28)/t21-/m1/s1. The van der Waals surface area contributed by atoms with Gasteiger partial charge in [0.1, 0.15) is 11.8 Å². The van der Waals surface area contributed by atoms with Crippen LogP contribution in [0.15, 0.2) is 60.7 Å². The Hall–Kier alpha value is -2.82. The van der Waals surface area contributed by atoms with E-state index in [1.807, 2.05) is 88.4 Å². The van der Waals surface area contributed by atoms with Crippen molar-refractivity contribution >= 4 is 11.8 Å². The van der Waals surface area contributed by atoms with Gasteiger partial charge in [-0.1, -0.05) is 55.5 Å². The van der Waals surface area contributed by atoms with E-state index < -0.39 is 6.04 Å². The summed E-state index contributed by atoms with van der Waals surface area (Å²) in [6.07, 6.45) is 1.21. The summed E-state index contributed by atoms with van der Waals surface area (Å²) < 4.78 is 5.65. The lowest BCUT2D eigenvalue weighted by molar-refractivity contribution is -0.142. The van der Waals surface area contributed by atoms with Gasteiger partial charge in [0.2, 0.25) is 5.91 Å². The molecule has 2 amide bonds. The first-order chi connectivity index (χ1) is 13.8. The third-order valence-corrected chi connectivity index (χ3v) is 4.47. The van der Waals surface area contributed by atoms with Crippen molar-refractivity contribution in [2.24, 2.45) is 0 Å². The normalized spacial score (nSPS) is 12.1. The summed E-state index contributed by atoms with van der Waals surface area (Å²) in [6.45, 7) is 8.09. The van der Waals surface area contributed by atoms with Gasteiger partial charge in [-0.2, -0.15) is 0 Å². The molecular weight excluding hydrogens is 364 g/mol. The second-order valence-corrected chi connectivity index (χ2v) is 8.09. The Morgan fingerprint density at radius 2 is 1.59 bits per heavy atom. The molecule has 0 saturated heterocycles. The van der Waals surface area contributed by atoms with Crippen LogP contribution in [0, 0.1) is 0 Å². The van der Waals surface area contributed by atoms with Crippen LogP contribution in [-0.2, 0) is 16.0 Å². The minimum Gasteiger partial charge on any atom is -0.484 e. The number of hydrogen-bond acceptors (Lipinski definition) is 3. The Morgan fingerprint density at radius 3 is 2.14 bits per heavy atom. The fourth-order valence-electron chi connectivity index (χ4n) is 3.09. The van der Waals surface area contributed by atoms with E-state index in [0.29, 0.717) is 25.1 Å². The highest BCUT2D eigenvalue weighted by molar-refractivity contribution is 5.88. The lowest BCUT2D eigenvalue weighted by Gasteiger charge is -2.33. The summed E-state index contributed by atoms with van der Waals surface area (Å²) in [5.41, 5.74) is 0.763. The molecule has 0 heterocycles. The minimum atomic E-state index is -0.537. The zero-order chi connectivity index (χ0) is 21.3. The first-order valence-electron chi connectivity index (χ1n) is 10.1. The molecule has 2 aromatic carbocycles. The summed E-state index contributed by atoms with van der Waals surface area (Å²) in [5, 5.41) is 3.00. The van der Waals surface area contributed by atoms with E-state index in [2.05, 4.69) is 5.32 Å². The van der Waals surface area contributed by atoms with E-state index in [9.17, 15) is 9.59 Å². The van der Waals surface area contributed by atoms with E-state index in [-0.39, 0.29) is 24.0 Å². The Labute approximate surface area is 174 Å². The molecule has 0 bridgehead atoms. The van der Waals surface area contributed by atoms with Crippen LogP contribution in [0.1, 0.15) is 39.7 Å². The van der Waals surface area contributed by atoms with Crippen molar-refractivity contribution in [3.05, 3.63) is 66.2 Å². The third-order valence-electron chi connectivity index (χ3n) is 4.47.